The van der Waals surface area contributed by atoms with E-state index in [0.29, 0.717) is 29.7 Å². The van der Waals surface area contributed by atoms with Crippen molar-refractivity contribution in [3.63, 3.8) is 0 Å². The zero-order valence-electron chi connectivity index (χ0n) is 17.3. The van der Waals surface area contributed by atoms with Gasteiger partial charge in [0.15, 0.2) is 18.4 Å². The monoisotopic (exact) mass is 416 g/mol. The normalized spacial score (nSPS) is 16.8. The van der Waals surface area contributed by atoms with Gasteiger partial charge >= 0.3 is 0 Å². The molecule has 3 aromatic heterocycles. The molecular formula is C21H22N9O+. The quantitative estimate of drug-likeness (QED) is 0.486. The summed E-state index contributed by atoms with van der Waals surface area (Å²) in [5.41, 5.74) is 2.87. The van der Waals surface area contributed by atoms with Gasteiger partial charge in [-0.25, -0.2) is 9.97 Å². The summed E-state index contributed by atoms with van der Waals surface area (Å²) in [6, 6.07) is 9.16. The molecule has 1 aliphatic heterocycles. The molecule has 0 bridgehead atoms. The van der Waals surface area contributed by atoms with E-state index in [1.807, 2.05) is 44.3 Å². The van der Waals surface area contributed by atoms with Crippen molar-refractivity contribution in [3.05, 3.63) is 36.0 Å². The van der Waals surface area contributed by atoms with Gasteiger partial charge in [-0.15, -0.1) is 9.78 Å². The Labute approximate surface area is 178 Å². The highest BCUT2D eigenvalue weighted by Gasteiger charge is 2.25. The molecule has 1 amide bonds. The van der Waals surface area contributed by atoms with Gasteiger partial charge in [0, 0.05) is 24.9 Å². The molecule has 4 heterocycles. The number of aryl methyl sites for hydroxylation is 1. The number of anilines is 1. The number of nitrogens with one attached hydrogen (secondary N) is 2. The molecule has 1 saturated heterocycles. The third-order valence-corrected chi connectivity index (χ3v) is 5.73. The van der Waals surface area contributed by atoms with Crippen molar-refractivity contribution in [2.75, 3.05) is 11.9 Å². The Morgan fingerprint density at radius 3 is 2.97 bits per heavy atom. The van der Waals surface area contributed by atoms with Gasteiger partial charge < -0.3 is 10.6 Å². The summed E-state index contributed by atoms with van der Waals surface area (Å²) >= 11 is 0. The van der Waals surface area contributed by atoms with Gasteiger partial charge in [-0.2, -0.15) is 9.78 Å². The number of nitriles is 1. The summed E-state index contributed by atoms with van der Waals surface area (Å²) in [6.07, 6.45) is 4.79. The van der Waals surface area contributed by atoms with Crippen LogP contribution in [0.5, 0.6) is 0 Å². The Morgan fingerprint density at radius 1 is 1.29 bits per heavy atom. The smallest absolute Gasteiger partial charge is 0.245 e. The van der Waals surface area contributed by atoms with Crippen molar-refractivity contribution >= 4 is 28.4 Å². The van der Waals surface area contributed by atoms with Crippen molar-refractivity contribution in [1.29, 1.82) is 5.26 Å². The lowest BCUT2D eigenvalue weighted by molar-refractivity contribution is -0.747. The molecule has 0 radical (unpaired) electrons. The average Bonchev–Trinajstić information content (AvgIpc) is 3.27. The van der Waals surface area contributed by atoms with E-state index >= 15 is 0 Å². The molecule has 5 rings (SSSR count). The Bertz CT molecular complexity index is 1360. The first kappa shape index (κ1) is 19.0. The zero-order valence-corrected chi connectivity index (χ0v) is 17.3. The third kappa shape index (κ3) is 3.15. The molecule has 0 saturated carbocycles. The first-order valence-electron chi connectivity index (χ1n) is 10.3. The lowest BCUT2D eigenvalue weighted by atomic mass is 10.1. The Hall–Kier alpha value is -4.00. The Morgan fingerprint density at radius 2 is 2.13 bits per heavy atom. The SMILES string of the molecule is Cc1cc(-c2nc3c4ccccc4nc(N[C@@H]4CCCCNC4=O)n3n2)n(C#N)[n+]1C. The van der Waals surface area contributed by atoms with Crippen molar-refractivity contribution in [3.8, 4) is 17.7 Å². The number of carbonyl (C=O) groups is 1. The van der Waals surface area contributed by atoms with Crippen LogP contribution in [0.1, 0.15) is 25.0 Å². The van der Waals surface area contributed by atoms with Crippen LogP contribution in [0, 0.1) is 18.4 Å². The van der Waals surface area contributed by atoms with Gasteiger partial charge in [-0.1, -0.05) is 12.1 Å². The zero-order chi connectivity index (χ0) is 21.5. The van der Waals surface area contributed by atoms with Crippen LogP contribution in [0.4, 0.5) is 5.95 Å². The number of aromatic nitrogens is 6. The van der Waals surface area contributed by atoms with Crippen LogP contribution in [-0.4, -0.2) is 42.8 Å². The fourth-order valence-electron chi connectivity index (χ4n) is 3.94. The van der Waals surface area contributed by atoms with Crippen LogP contribution in [0.15, 0.2) is 30.3 Å². The van der Waals surface area contributed by atoms with E-state index < -0.39 is 6.04 Å². The summed E-state index contributed by atoms with van der Waals surface area (Å²) in [4.78, 5) is 22.0. The number of para-hydroxylation sites is 1. The molecule has 156 valence electrons. The van der Waals surface area contributed by atoms with E-state index in [0.717, 1.165) is 35.9 Å². The highest BCUT2D eigenvalue weighted by atomic mass is 16.2. The number of amides is 1. The van der Waals surface area contributed by atoms with Crippen LogP contribution >= 0.6 is 0 Å². The largest absolute Gasteiger partial charge is 0.354 e. The highest BCUT2D eigenvalue weighted by Crippen LogP contribution is 2.25. The topological polar surface area (TPSA) is 117 Å². The molecule has 0 unspecified atom stereocenters. The van der Waals surface area contributed by atoms with E-state index in [-0.39, 0.29) is 5.91 Å². The van der Waals surface area contributed by atoms with Crippen molar-refractivity contribution < 1.29 is 9.48 Å². The predicted molar refractivity (Wildman–Crippen MR) is 113 cm³/mol. The van der Waals surface area contributed by atoms with Gasteiger partial charge in [0.25, 0.3) is 0 Å². The van der Waals surface area contributed by atoms with Gasteiger partial charge in [0.1, 0.15) is 6.04 Å². The molecule has 0 aliphatic carbocycles. The summed E-state index contributed by atoms with van der Waals surface area (Å²) in [6.45, 7) is 2.61. The number of rotatable bonds is 3. The molecule has 2 N–H and O–H groups in total. The molecule has 1 atom stereocenters. The van der Waals surface area contributed by atoms with Crippen LogP contribution in [0.3, 0.4) is 0 Å². The minimum atomic E-state index is -0.393. The molecule has 31 heavy (non-hydrogen) atoms. The Kier molecular flexibility index (Phi) is 4.51. The highest BCUT2D eigenvalue weighted by molar-refractivity contribution is 5.93. The van der Waals surface area contributed by atoms with Gasteiger partial charge in [-0.3, -0.25) is 4.79 Å². The van der Waals surface area contributed by atoms with Crippen molar-refractivity contribution in [2.45, 2.75) is 32.2 Å². The van der Waals surface area contributed by atoms with Crippen molar-refractivity contribution in [1.82, 2.24) is 29.6 Å². The summed E-state index contributed by atoms with van der Waals surface area (Å²) in [7, 11) is 1.81. The molecular weight excluding hydrogens is 394 g/mol. The number of fused-ring (bicyclic) bond motifs is 3. The van der Waals surface area contributed by atoms with E-state index in [1.54, 1.807) is 9.20 Å². The number of hydrogen-bond donors (Lipinski definition) is 2. The first-order chi connectivity index (χ1) is 15.1. The minimum absolute atomic E-state index is 0.0399. The maximum Gasteiger partial charge on any atom is 0.245 e. The average molecular weight is 416 g/mol. The standard InChI is InChI=1S/C21H21N9O/c1-13-11-17(29(12-22)28(13)2)18-26-19-14-7-3-4-8-15(14)24-21(30(19)27-18)25-16-9-5-6-10-23-20(16)31/h3-4,7-8,11,16H,5-6,9-10H2,1-2H3,(H-,23,24,25,26,27,31)/p+1/t16-/m1/s1. The number of hydrogen-bond acceptors (Lipinski definition) is 6. The first-order valence-corrected chi connectivity index (χ1v) is 10.3. The van der Waals surface area contributed by atoms with Crippen LogP contribution in [0.2, 0.25) is 0 Å². The molecule has 1 aromatic carbocycles. The second-order valence-corrected chi connectivity index (χ2v) is 7.71. The number of benzene rings is 1. The van der Waals surface area contributed by atoms with E-state index in [1.165, 1.54) is 4.68 Å². The maximum atomic E-state index is 12.5. The lowest BCUT2D eigenvalue weighted by Gasteiger charge is -2.16. The summed E-state index contributed by atoms with van der Waals surface area (Å²) < 4.78 is 4.82. The van der Waals surface area contributed by atoms with Crippen molar-refractivity contribution in [2.24, 2.45) is 7.05 Å². The number of carbonyl (C=O) groups excluding carboxylic acids is 1. The molecule has 10 nitrogen and oxygen atoms in total. The van der Waals surface area contributed by atoms with Crippen LogP contribution < -0.4 is 15.3 Å². The van der Waals surface area contributed by atoms with Gasteiger partial charge in [-0.05, 0) is 36.1 Å². The van der Waals surface area contributed by atoms with Gasteiger partial charge in [0.2, 0.25) is 29.6 Å². The molecule has 4 aromatic rings. The summed E-state index contributed by atoms with van der Waals surface area (Å²) in [5.74, 6) is 0.824. The fraction of sp³-hybridized carbons (Fsp3) is 0.333. The molecule has 1 aliphatic rings. The second kappa shape index (κ2) is 7.36. The summed E-state index contributed by atoms with van der Waals surface area (Å²) in [5, 5.41) is 21.3. The molecule has 0 spiro atoms. The van der Waals surface area contributed by atoms with Gasteiger partial charge in [0.05, 0.1) is 5.52 Å². The second-order valence-electron chi connectivity index (χ2n) is 7.71. The number of nitrogens with zero attached hydrogens (tertiary/aromatic N) is 7. The van der Waals surface area contributed by atoms with E-state index in [2.05, 4.69) is 21.9 Å². The third-order valence-electron chi connectivity index (χ3n) is 5.73. The lowest BCUT2D eigenvalue weighted by Crippen LogP contribution is -2.39. The van der Waals surface area contributed by atoms with Crippen LogP contribution in [0.25, 0.3) is 28.1 Å². The fourth-order valence-corrected chi connectivity index (χ4v) is 3.94. The van der Waals surface area contributed by atoms with Crippen LogP contribution in [-0.2, 0) is 11.8 Å². The minimum Gasteiger partial charge on any atom is -0.354 e. The predicted octanol–water partition coefficient (Wildman–Crippen LogP) is 1.29. The van der Waals surface area contributed by atoms with E-state index in [4.69, 9.17) is 9.97 Å². The Balaban J connectivity index is 1.70. The van der Waals surface area contributed by atoms with E-state index in [9.17, 15) is 10.1 Å². The molecule has 1 fully saturated rings. The molecule has 10 heteroatoms. The maximum absolute atomic E-state index is 12.5.